The molecule has 0 aliphatic carbocycles. The first-order valence-corrected chi connectivity index (χ1v) is 11.1. The highest BCUT2D eigenvalue weighted by Crippen LogP contribution is 2.32. The molecule has 3 rings (SSSR count). The van der Waals surface area contributed by atoms with Crippen LogP contribution in [0.4, 0.5) is 0 Å². The maximum atomic E-state index is 12.8. The summed E-state index contributed by atoms with van der Waals surface area (Å²) in [5.41, 5.74) is 1.11. The second kappa shape index (κ2) is 10.4. The largest absolute Gasteiger partial charge is 0.496 e. The lowest BCUT2D eigenvalue weighted by Gasteiger charge is -2.32. The number of piperidine rings is 1. The number of carbonyl (C=O) groups excluding carboxylic acids is 3. The summed E-state index contributed by atoms with van der Waals surface area (Å²) in [6.07, 6.45) is 1.16. The molecule has 0 spiro atoms. The standard InChI is InChI=1S/C22H27N3O5S/c1-4-30-22(28)15-9-11-25(12-10-15)19(26)13-24(2)21(27)17-14-31-20(23-17)16-7-5-6-8-18(16)29-3/h5-8,14-15H,4,9-13H2,1-3H3. The molecule has 1 saturated heterocycles. The van der Waals surface area contributed by atoms with Gasteiger partial charge in [0.25, 0.3) is 5.91 Å². The predicted molar refractivity (Wildman–Crippen MR) is 117 cm³/mol. The van der Waals surface area contributed by atoms with Crippen LogP contribution < -0.4 is 4.74 Å². The first kappa shape index (κ1) is 22.7. The minimum Gasteiger partial charge on any atom is -0.496 e. The Labute approximate surface area is 185 Å². The van der Waals surface area contributed by atoms with Crippen molar-refractivity contribution >= 4 is 29.1 Å². The van der Waals surface area contributed by atoms with E-state index >= 15 is 0 Å². The quantitative estimate of drug-likeness (QED) is 0.609. The van der Waals surface area contributed by atoms with Gasteiger partial charge in [-0.15, -0.1) is 11.3 Å². The summed E-state index contributed by atoms with van der Waals surface area (Å²) in [6.45, 7) is 3.08. The zero-order valence-corrected chi connectivity index (χ0v) is 18.8. The van der Waals surface area contributed by atoms with Crippen molar-refractivity contribution in [3.63, 3.8) is 0 Å². The molecule has 1 aliphatic rings. The molecule has 1 aromatic carbocycles. The monoisotopic (exact) mass is 445 g/mol. The highest BCUT2D eigenvalue weighted by molar-refractivity contribution is 7.13. The highest BCUT2D eigenvalue weighted by Gasteiger charge is 2.29. The highest BCUT2D eigenvalue weighted by atomic mass is 32.1. The van der Waals surface area contributed by atoms with Crippen LogP contribution in [0, 0.1) is 5.92 Å². The number of nitrogens with zero attached hydrogens (tertiary/aromatic N) is 3. The molecule has 0 radical (unpaired) electrons. The SMILES string of the molecule is CCOC(=O)C1CCN(C(=O)CN(C)C(=O)c2csc(-c3ccccc3OC)n2)CC1. The normalized spacial score (nSPS) is 14.2. The van der Waals surface area contributed by atoms with E-state index in [0.29, 0.717) is 49.0 Å². The number of hydrogen-bond donors (Lipinski definition) is 0. The third-order valence-electron chi connectivity index (χ3n) is 5.25. The minimum absolute atomic E-state index is 0.0373. The number of amides is 2. The van der Waals surface area contributed by atoms with Crippen LogP contribution in [0.15, 0.2) is 29.6 Å². The summed E-state index contributed by atoms with van der Waals surface area (Å²) >= 11 is 1.35. The molecule has 8 nitrogen and oxygen atoms in total. The Morgan fingerprint density at radius 2 is 1.94 bits per heavy atom. The fourth-order valence-corrected chi connectivity index (χ4v) is 4.34. The van der Waals surface area contributed by atoms with Crippen LogP contribution in [0.2, 0.25) is 0 Å². The average Bonchev–Trinajstić information content (AvgIpc) is 3.28. The van der Waals surface area contributed by atoms with Gasteiger partial charge in [-0.05, 0) is 31.9 Å². The van der Waals surface area contributed by atoms with E-state index in [4.69, 9.17) is 9.47 Å². The zero-order valence-electron chi connectivity index (χ0n) is 18.0. The third-order valence-corrected chi connectivity index (χ3v) is 6.12. The predicted octanol–water partition coefficient (Wildman–Crippen LogP) is 2.69. The maximum absolute atomic E-state index is 12.8. The van der Waals surface area contributed by atoms with Gasteiger partial charge in [0.15, 0.2) is 0 Å². The van der Waals surface area contributed by atoms with E-state index < -0.39 is 0 Å². The number of likely N-dealkylation sites (N-methyl/N-ethyl adjacent to an activating group) is 1. The van der Waals surface area contributed by atoms with Crippen LogP contribution in [0.5, 0.6) is 5.75 Å². The first-order valence-electron chi connectivity index (χ1n) is 10.2. The van der Waals surface area contributed by atoms with Crippen molar-refractivity contribution in [2.24, 2.45) is 5.92 Å². The fraction of sp³-hybridized carbons (Fsp3) is 0.455. The van der Waals surface area contributed by atoms with Gasteiger partial charge in [0.1, 0.15) is 16.5 Å². The van der Waals surface area contributed by atoms with Crippen molar-refractivity contribution in [1.29, 1.82) is 0 Å². The van der Waals surface area contributed by atoms with Gasteiger partial charge in [0.05, 0.1) is 31.7 Å². The number of rotatable bonds is 7. The fourth-order valence-electron chi connectivity index (χ4n) is 3.51. The molecule has 0 unspecified atom stereocenters. The van der Waals surface area contributed by atoms with Crippen molar-refractivity contribution < 1.29 is 23.9 Å². The molecule has 0 N–H and O–H groups in total. The van der Waals surface area contributed by atoms with Gasteiger partial charge in [-0.25, -0.2) is 4.98 Å². The number of aromatic nitrogens is 1. The molecule has 2 aromatic rings. The van der Waals surface area contributed by atoms with Crippen LogP contribution >= 0.6 is 11.3 Å². The molecule has 166 valence electrons. The maximum Gasteiger partial charge on any atom is 0.309 e. The molecule has 2 amide bonds. The van der Waals surface area contributed by atoms with E-state index in [-0.39, 0.29) is 30.2 Å². The molecular weight excluding hydrogens is 418 g/mol. The minimum atomic E-state index is -0.313. The lowest BCUT2D eigenvalue weighted by Crippen LogP contribution is -2.45. The Kier molecular flexibility index (Phi) is 7.62. The van der Waals surface area contributed by atoms with Gasteiger partial charge < -0.3 is 19.3 Å². The molecule has 0 bridgehead atoms. The number of thiazole rings is 1. The van der Waals surface area contributed by atoms with E-state index in [1.807, 2.05) is 24.3 Å². The molecule has 1 aliphatic heterocycles. The van der Waals surface area contributed by atoms with Gasteiger partial charge in [0, 0.05) is 25.5 Å². The zero-order chi connectivity index (χ0) is 22.4. The number of hydrogen-bond acceptors (Lipinski definition) is 7. The lowest BCUT2D eigenvalue weighted by molar-refractivity contribution is -0.151. The van der Waals surface area contributed by atoms with Crippen LogP contribution in [0.25, 0.3) is 10.6 Å². The molecule has 1 aromatic heterocycles. The molecular formula is C22H27N3O5S. The first-order chi connectivity index (χ1) is 14.9. The van der Waals surface area contributed by atoms with Gasteiger partial charge in [-0.3, -0.25) is 14.4 Å². The van der Waals surface area contributed by atoms with Crippen molar-refractivity contribution in [2.45, 2.75) is 19.8 Å². The Hall–Kier alpha value is -2.94. The lowest BCUT2D eigenvalue weighted by atomic mass is 9.97. The molecule has 2 heterocycles. The van der Waals surface area contributed by atoms with Crippen molar-refractivity contribution in [3.8, 4) is 16.3 Å². The van der Waals surface area contributed by atoms with Gasteiger partial charge in [-0.2, -0.15) is 0 Å². The summed E-state index contributed by atoms with van der Waals surface area (Å²) in [7, 11) is 3.18. The van der Waals surface area contributed by atoms with E-state index in [1.165, 1.54) is 16.2 Å². The Morgan fingerprint density at radius 3 is 2.61 bits per heavy atom. The number of methoxy groups -OCH3 is 1. The number of esters is 1. The molecule has 0 saturated carbocycles. The van der Waals surface area contributed by atoms with Crippen molar-refractivity contribution in [3.05, 3.63) is 35.3 Å². The van der Waals surface area contributed by atoms with E-state index in [1.54, 1.807) is 31.4 Å². The number of ether oxygens (including phenoxy) is 2. The topological polar surface area (TPSA) is 89.0 Å². The average molecular weight is 446 g/mol. The smallest absolute Gasteiger partial charge is 0.309 e. The Bertz CT molecular complexity index is 937. The number of likely N-dealkylation sites (tertiary alicyclic amines) is 1. The summed E-state index contributed by atoms with van der Waals surface area (Å²) in [4.78, 5) is 44.8. The van der Waals surface area contributed by atoms with E-state index in [2.05, 4.69) is 4.98 Å². The van der Waals surface area contributed by atoms with E-state index in [0.717, 1.165) is 5.56 Å². The number of para-hydroxylation sites is 1. The Balaban J connectivity index is 1.57. The van der Waals surface area contributed by atoms with Gasteiger partial charge >= 0.3 is 5.97 Å². The van der Waals surface area contributed by atoms with Crippen LogP contribution in [0.3, 0.4) is 0 Å². The Morgan fingerprint density at radius 1 is 1.23 bits per heavy atom. The van der Waals surface area contributed by atoms with Gasteiger partial charge in [0.2, 0.25) is 5.91 Å². The summed E-state index contributed by atoms with van der Waals surface area (Å²) in [5.74, 6) is -0.126. The van der Waals surface area contributed by atoms with Crippen LogP contribution in [0.1, 0.15) is 30.3 Å². The second-order valence-electron chi connectivity index (χ2n) is 7.31. The van der Waals surface area contributed by atoms with Crippen molar-refractivity contribution in [1.82, 2.24) is 14.8 Å². The van der Waals surface area contributed by atoms with Crippen molar-refractivity contribution in [2.75, 3.05) is 40.4 Å². The number of carbonyl (C=O) groups is 3. The number of benzene rings is 1. The summed E-state index contributed by atoms with van der Waals surface area (Å²) in [5, 5.41) is 2.37. The second-order valence-corrected chi connectivity index (χ2v) is 8.16. The molecule has 9 heteroatoms. The van der Waals surface area contributed by atoms with E-state index in [9.17, 15) is 14.4 Å². The summed E-state index contributed by atoms with van der Waals surface area (Å²) in [6, 6.07) is 7.49. The van der Waals surface area contributed by atoms with Crippen LogP contribution in [-0.2, 0) is 14.3 Å². The molecule has 1 fully saturated rings. The van der Waals surface area contributed by atoms with Crippen LogP contribution in [-0.4, -0.2) is 73.0 Å². The van der Waals surface area contributed by atoms with Gasteiger partial charge in [-0.1, -0.05) is 12.1 Å². The third kappa shape index (κ3) is 5.41. The summed E-state index contributed by atoms with van der Waals surface area (Å²) < 4.78 is 10.4. The molecule has 0 atom stereocenters. The molecule has 31 heavy (non-hydrogen) atoms.